The number of halogens is 5. The lowest BCUT2D eigenvalue weighted by molar-refractivity contribution is -0.192. The van der Waals surface area contributed by atoms with Crippen LogP contribution in [0.15, 0.2) is 48.5 Å². The summed E-state index contributed by atoms with van der Waals surface area (Å²) in [5.74, 6) is -4.22. The zero-order chi connectivity index (χ0) is 26.5. The predicted molar refractivity (Wildman–Crippen MR) is 124 cm³/mol. The van der Waals surface area contributed by atoms with Crippen molar-refractivity contribution < 1.29 is 36.6 Å². The third-order valence-electron chi connectivity index (χ3n) is 5.76. The molecule has 6 nitrogen and oxygen atoms in total. The van der Waals surface area contributed by atoms with Gasteiger partial charge in [0.25, 0.3) is 5.91 Å². The summed E-state index contributed by atoms with van der Waals surface area (Å²) in [6, 6.07) is 13.7. The van der Waals surface area contributed by atoms with Gasteiger partial charge in [-0.15, -0.1) is 0 Å². The third-order valence-corrected chi connectivity index (χ3v) is 5.76. The standard InChI is InChI=1S/C23H23F2N3O.C2HF3O2/c1-14-12-22(28-21-5-3-2-4-18(14)21)26-16-7-9-17(10-8-16)27-23(29)15-6-11-19(24)20(25)13-15;3-2(4,5)1(6)7/h2-6,11-13,16-17H,7-10H2,1H3,(H,26,28)(H,27,29);(H,6,7)/t16-,17+;. The molecule has 3 N–H and O–H groups in total. The molecule has 1 aromatic heterocycles. The lowest BCUT2D eigenvalue weighted by Crippen LogP contribution is -2.40. The maximum Gasteiger partial charge on any atom is 0.490 e. The zero-order valence-corrected chi connectivity index (χ0v) is 19.2. The molecular formula is C25H24F5N3O3. The van der Waals surface area contributed by atoms with Crippen LogP contribution in [0.2, 0.25) is 0 Å². The van der Waals surface area contributed by atoms with Crippen LogP contribution in [0.25, 0.3) is 10.9 Å². The van der Waals surface area contributed by atoms with Crippen molar-refractivity contribution in [2.24, 2.45) is 0 Å². The molecule has 0 radical (unpaired) electrons. The Labute approximate surface area is 203 Å². The van der Waals surface area contributed by atoms with Crippen LogP contribution in [0.4, 0.5) is 27.8 Å². The Bertz CT molecular complexity index is 1240. The molecule has 0 atom stereocenters. The van der Waals surface area contributed by atoms with Gasteiger partial charge in [0.05, 0.1) is 5.52 Å². The summed E-state index contributed by atoms with van der Waals surface area (Å²) in [6.45, 7) is 2.08. The monoisotopic (exact) mass is 509 g/mol. The van der Waals surface area contributed by atoms with Crippen molar-refractivity contribution in [2.75, 3.05) is 5.32 Å². The number of rotatable bonds is 4. The molecule has 0 saturated heterocycles. The second kappa shape index (κ2) is 11.3. The van der Waals surface area contributed by atoms with Crippen LogP contribution in [0.3, 0.4) is 0 Å². The van der Waals surface area contributed by atoms with E-state index in [0.717, 1.165) is 54.5 Å². The first-order valence-electron chi connectivity index (χ1n) is 11.1. The first kappa shape index (κ1) is 26.8. The highest BCUT2D eigenvalue weighted by atomic mass is 19.4. The molecule has 1 saturated carbocycles. The lowest BCUT2D eigenvalue weighted by Gasteiger charge is -2.30. The lowest BCUT2D eigenvalue weighted by atomic mass is 9.91. The summed E-state index contributed by atoms with van der Waals surface area (Å²) in [5.41, 5.74) is 2.30. The number of nitrogens with one attached hydrogen (secondary N) is 2. The molecule has 1 aliphatic carbocycles. The number of hydrogen-bond donors (Lipinski definition) is 3. The second-order valence-corrected chi connectivity index (χ2v) is 8.44. The van der Waals surface area contributed by atoms with Gasteiger partial charge in [-0.1, -0.05) is 18.2 Å². The highest BCUT2D eigenvalue weighted by Gasteiger charge is 2.38. The van der Waals surface area contributed by atoms with E-state index in [2.05, 4.69) is 29.7 Å². The van der Waals surface area contributed by atoms with Gasteiger partial charge in [-0.3, -0.25) is 4.79 Å². The Morgan fingerprint density at radius 1 is 0.944 bits per heavy atom. The summed E-state index contributed by atoms with van der Waals surface area (Å²) in [7, 11) is 0. The van der Waals surface area contributed by atoms with Gasteiger partial charge in [0.15, 0.2) is 11.6 Å². The Kier molecular flexibility index (Phi) is 8.44. The number of carboxylic acids is 1. The van der Waals surface area contributed by atoms with Crippen LogP contribution in [0.5, 0.6) is 0 Å². The number of nitrogens with zero attached hydrogens (tertiary/aromatic N) is 1. The molecule has 0 aliphatic heterocycles. The van der Waals surface area contributed by atoms with Crippen LogP contribution >= 0.6 is 0 Å². The van der Waals surface area contributed by atoms with Crippen molar-refractivity contribution in [3.8, 4) is 0 Å². The van der Waals surface area contributed by atoms with Crippen LogP contribution in [0, 0.1) is 18.6 Å². The normalized spacial score (nSPS) is 17.6. The molecule has 1 heterocycles. The van der Waals surface area contributed by atoms with Gasteiger partial charge in [0.1, 0.15) is 5.82 Å². The van der Waals surface area contributed by atoms with Crippen LogP contribution in [-0.4, -0.2) is 40.2 Å². The number of hydrogen-bond acceptors (Lipinski definition) is 4. The van der Waals surface area contributed by atoms with Crippen molar-refractivity contribution >= 4 is 28.6 Å². The molecule has 11 heteroatoms. The molecule has 1 amide bonds. The first-order chi connectivity index (χ1) is 16.9. The van der Waals surface area contributed by atoms with Gasteiger partial charge in [-0.25, -0.2) is 18.6 Å². The minimum atomic E-state index is -5.08. The highest BCUT2D eigenvalue weighted by molar-refractivity contribution is 5.94. The van der Waals surface area contributed by atoms with E-state index in [9.17, 15) is 26.7 Å². The molecular weight excluding hydrogens is 485 g/mol. The number of benzene rings is 2. The Hall–Kier alpha value is -3.76. The molecule has 0 spiro atoms. The molecule has 2 aromatic carbocycles. The van der Waals surface area contributed by atoms with E-state index < -0.39 is 23.8 Å². The average Bonchev–Trinajstić information content (AvgIpc) is 2.82. The van der Waals surface area contributed by atoms with Crippen molar-refractivity contribution in [3.05, 3.63) is 71.3 Å². The fourth-order valence-corrected chi connectivity index (χ4v) is 3.92. The van der Waals surface area contributed by atoms with E-state index in [1.165, 1.54) is 11.6 Å². The number of fused-ring (bicyclic) bond motifs is 1. The van der Waals surface area contributed by atoms with Crippen molar-refractivity contribution in [1.29, 1.82) is 0 Å². The fourth-order valence-electron chi connectivity index (χ4n) is 3.92. The molecule has 4 rings (SSSR count). The summed E-state index contributed by atoms with van der Waals surface area (Å²) in [4.78, 5) is 25.9. The van der Waals surface area contributed by atoms with E-state index in [1.807, 2.05) is 18.2 Å². The maximum atomic E-state index is 13.3. The van der Waals surface area contributed by atoms with E-state index in [4.69, 9.17) is 14.9 Å². The van der Waals surface area contributed by atoms with E-state index in [1.54, 1.807) is 0 Å². The molecule has 192 valence electrons. The van der Waals surface area contributed by atoms with Gasteiger partial charge in [0, 0.05) is 23.0 Å². The number of amides is 1. The number of aryl methyl sites for hydroxylation is 1. The highest BCUT2D eigenvalue weighted by Crippen LogP contribution is 2.25. The zero-order valence-electron chi connectivity index (χ0n) is 19.2. The van der Waals surface area contributed by atoms with Crippen molar-refractivity contribution in [3.63, 3.8) is 0 Å². The smallest absolute Gasteiger partial charge is 0.475 e. The van der Waals surface area contributed by atoms with Crippen molar-refractivity contribution in [2.45, 2.75) is 50.9 Å². The maximum absolute atomic E-state index is 13.3. The SMILES string of the molecule is Cc1cc(N[C@H]2CC[C@@H](NC(=O)c3ccc(F)c(F)c3)CC2)nc2ccccc12.O=C(O)C(F)(F)F. The van der Waals surface area contributed by atoms with Gasteiger partial charge >= 0.3 is 12.1 Å². The molecule has 1 fully saturated rings. The minimum Gasteiger partial charge on any atom is -0.475 e. The number of anilines is 1. The number of pyridine rings is 1. The number of carboxylic acid groups (broad SMARTS) is 1. The van der Waals surface area contributed by atoms with E-state index in [-0.39, 0.29) is 17.5 Å². The topological polar surface area (TPSA) is 91.3 Å². The predicted octanol–water partition coefficient (Wildman–Crippen LogP) is 5.61. The molecule has 36 heavy (non-hydrogen) atoms. The van der Waals surface area contributed by atoms with Crippen LogP contribution in [0.1, 0.15) is 41.6 Å². The summed E-state index contributed by atoms with van der Waals surface area (Å²) in [5, 5.41) is 14.7. The summed E-state index contributed by atoms with van der Waals surface area (Å²) < 4.78 is 58.1. The van der Waals surface area contributed by atoms with Crippen LogP contribution < -0.4 is 10.6 Å². The molecule has 3 aromatic rings. The van der Waals surface area contributed by atoms with Gasteiger partial charge in [-0.2, -0.15) is 13.2 Å². The fraction of sp³-hybridized carbons (Fsp3) is 0.320. The molecule has 0 unspecified atom stereocenters. The number of aliphatic carboxylic acids is 1. The van der Waals surface area contributed by atoms with E-state index in [0.29, 0.717) is 6.04 Å². The van der Waals surface area contributed by atoms with Gasteiger partial charge in [0.2, 0.25) is 0 Å². The Balaban J connectivity index is 0.000000454. The minimum absolute atomic E-state index is 0.0277. The molecule has 0 bridgehead atoms. The first-order valence-corrected chi connectivity index (χ1v) is 11.1. The number of para-hydroxylation sites is 1. The number of alkyl halides is 3. The average molecular weight is 509 g/mol. The number of carbonyl (C=O) groups excluding carboxylic acids is 1. The van der Waals surface area contributed by atoms with Crippen molar-refractivity contribution in [1.82, 2.24) is 10.3 Å². The second-order valence-electron chi connectivity index (χ2n) is 8.44. The Morgan fingerprint density at radius 2 is 1.56 bits per heavy atom. The Morgan fingerprint density at radius 3 is 2.17 bits per heavy atom. The quantitative estimate of drug-likeness (QED) is 0.398. The number of aromatic nitrogens is 1. The van der Waals surface area contributed by atoms with Crippen LogP contribution in [-0.2, 0) is 4.79 Å². The van der Waals surface area contributed by atoms with Gasteiger partial charge in [-0.05, 0) is 68.5 Å². The summed E-state index contributed by atoms with van der Waals surface area (Å²) in [6.07, 6.45) is -1.65. The third kappa shape index (κ3) is 7.12. The van der Waals surface area contributed by atoms with E-state index >= 15 is 0 Å². The summed E-state index contributed by atoms with van der Waals surface area (Å²) >= 11 is 0. The largest absolute Gasteiger partial charge is 0.490 e. The number of carbonyl (C=O) groups is 2. The van der Waals surface area contributed by atoms with Gasteiger partial charge < -0.3 is 15.7 Å². The molecule has 1 aliphatic rings.